The smallest absolute Gasteiger partial charge is 0.165 e. The monoisotopic (exact) mass is 548 g/mol. The van der Waals surface area contributed by atoms with Crippen LogP contribution in [0.15, 0.2) is 146 Å². The molecule has 1 aliphatic rings. The summed E-state index contributed by atoms with van der Waals surface area (Å²) >= 11 is 0. The van der Waals surface area contributed by atoms with Crippen molar-refractivity contribution < 1.29 is 0 Å². The van der Waals surface area contributed by atoms with Gasteiger partial charge in [0, 0.05) is 21.9 Å². The number of para-hydroxylation sites is 3. The van der Waals surface area contributed by atoms with Gasteiger partial charge in [0.25, 0.3) is 0 Å². The predicted molar refractivity (Wildman–Crippen MR) is 177 cm³/mol. The van der Waals surface area contributed by atoms with Crippen molar-refractivity contribution in [1.29, 1.82) is 0 Å². The lowest BCUT2D eigenvalue weighted by Crippen LogP contribution is -2.18. The molecule has 2 aromatic heterocycles. The van der Waals surface area contributed by atoms with Crippen molar-refractivity contribution in [2.45, 2.75) is 0 Å². The first kappa shape index (κ1) is 23.8. The van der Waals surface area contributed by atoms with Crippen molar-refractivity contribution in [3.8, 4) is 33.6 Å². The van der Waals surface area contributed by atoms with Crippen molar-refractivity contribution in [3.63, 3.8) is 0 Å². The maximum atomic E-state index is 5.32. The molecule has 0 aliphatic carbocycles. The van der Waals surface area contributed by atoms with E-state index >= 15 is 0 Å². The molecule has 0 spiro atoms. The average molecular weight is 549 g/mol. The SMILES string of the molecule is c1ccc(-c2ccc3c(c2)-c2nc4ccccc4c4cccc(c24)N3c2nc3ccccc3nc2-c2ccccc2)cc1. The summed E-state index contributed by atoms with van der Waals surface area (Å²) in [6.07, 6.45) is 0. The highest BCUT2D eigenvalue weighted by atomic mass is 15.2. The van der Waals surface area contributed by atoms with Crippen LogP contribution in [0.4, 0.5) is 17.2 Å². The van der Waals surface area contributed by atoms with Gasteiger partial charge in [0.15, 0.2) is 5.82 Å². The summed E-state index contributed by atoms with van der Waals surface area (Å²) in [5.41, 5.74) is 11.0. The Morgan fingerprint density at radius 2 is 1.02 bits per heavy atom. The molecule has 0 fully saturated rings. The minimum absolute atomic E-state index is 0.796. The van der Waals surface area contributed by atoms with E-state index in [1.807, 2.05) is 30.3 Å². The van der Waals surface area contributed by atoms with Gasteiger partial charge in [0.1, 0.15) is 5.69 Å². The Bertz CT molecular complexity index is 2350. The molecule has 9 rings (SSSR count). The molecule has 0 saturated heterocycles. The van der Waals surface area contributed by atoms with Crippen LogP contribution in [0.1, 0.15) is 0 Å². The highest BCUT2D eigenvalue weighted by Gasteiger charge is 2.31. The van der Waals surface area contributed by atoms with E-state index < -0.39 is 0 Å². The molecule has 0 bridgehead atoms. The summed E-state index contributed by atoms with van der Waals surface area (Å²) in [5, 5.41) is 3.43. The van der Waals surface area contributed by atoms with Gasteiger partial charge in [0.05, 0.1) is 33.6 Å². The molecule has 0 atom stereocenters. The molecule has 0 N–H and O–H groups in total. The zero-order chi connectivity index (χ0) is 28.3. The molecule has 0 saturated carbocycles. The third-order valence-corrected chi connectivity index (χ3v) is 8.36. The highest BCUT2D eigenvalue weighted by molar-refractivity contribution is 6.20. The largest absolute Gasteiger partial charge is 0.292 e. The third-order valence-electron chi connectivity index (χ3n) is 8.36. The van der Waals surface area contributed by atoms with Gasteiger partial charge in [-0.2, -0.15) is 0 Å². The van der Waals surface area contributed by atoms with Crippen molar-refractivity contribution in [2.24, 2.45) is 0 Å². The number of anilines is 3. The standard InChI is InChI=1S/C39H24N4/c1-3-12-25(13-4-1)27-22-23-34-30(24-27)38-36-29(28-16-7-8-18-31(28)40-38)17-11-21-35(36)43(34)39-37(26-14-5-2-6-15-26)41-32-19-9-10-20-33(32)42-39/h1-24H. The maximum Gasteiger partial charge on any atom is 0.165 e. The van der Waals surface area contributed by atoms with Gasteiger partial charge in [-0.3, -0.25) is 4.90 Å². The lowest BCUT2D eigenvalue weighted by molar-refractivity contribution is 1.17. The molecule has 200 valence electrons. The predicted octanol–water partition coefficient (Wildman–Crippen LogP) is 10.1. The van der Waals surface area contributed by atoms with Gasteiger partial charge in [-0.05, 0) is 52.9 Å². The fourth-order valence-corrected chi connectivity index (χ4v) is 6.40. The van der Waals surface area contributed by atoms with Gasteiger partial charge in [0.2, 0.25) is 0 Å². The van der Waals surface area contributed by atoms with E-state index in [2.05, 4.69) is 120 Å². The number of hydrogen-bond donors (Lipinski definition) is 0. The zero-order valence-corrected chi connectivity index (χ0v) is 23.1. The second kappa shape index (κ2) is 9.33. The summed E-state index contributed by atoms with van der Waals surface area (Å²) < 4.78 is 0. The quantitative estimate of drug-likeness (QED) is 0.206. The molecule has 1 aliphatic heterocycles. The molecule has 0 radical (unpaired) electrons. The van der Waals surface area contributed by atoms with Crippen LogP contribution in [0.5, 0.6) is 0 Å². The van der Waals surface area contributed by atoms with Crippen LogP contribution in [0, 0.1) is 0 Å². The van der Waals surface area contributed by atoms with E-state index in [0.717, 1.165) is 72.6 Å². The molecule has 0 amide bonds. The van der Waals surface area contributed by atoms with Crippen LogP contribution in [-0.4, -0.2) is 15.0 Å². The van der Waals surface area contributed by atoms with Gasteiger partial charge >= 0.3 is 0 Å². The minimum atomic E-state index is 0.796. The molecule has 4 nitrogen and oxygen atoms in total. The van der Waals surface area contributed by atoms with Gasteiger partial charge in [-0.15, -0.1) is 0 Å². The summed E-state index contributed by atoms with van der Waals surface area (Å²) in [5.74, 6) is 0.796. The first-order valence-corrected chi connectivity index (χ1v) is 14.5. The Morgan fingerprint density at radius 1 is 0.395 bits per heavy atom. The Kier molecular flexibility index (Phi) is 5.16. The maximum absolute atomic E-state index is 5.32. The van der Waals surface area contributed by atoms with Crippen LogP contribution in [0.3, 0.4) is 0 Å². The number of hydrogen-bond acceptors (Lipinski definition) is 4. The second-order valence-corrected chi connectivity index (χ2v) is 10.9. The number of rotatable bonds is 3. The minimum Gasteiger partial charge on any atom is -0.292 e. The van der Waals surface area contributed by atoms with Gasteiger partial charge in [-0.25, -0.2) is 15.0 Å². The zero-order valence-electron chi connectivity index (χ0n) is 23.1. The average Bonchev–Trinajstić information content (AvgIpc) is 3.08. The van der Waals surface area contributed by atoms with E-state index in [1.54, 1.807) is 0 Å². The highest BCUT2D eigenvalue weighted by Crippen LogP contribution is 2.53. The van der Waals surface area contributed by atoms with E-state index in [-0.39, 0.29) is 0 Å². The summed E-state index contributed by atoms with van der Waals surface area (Å²) in [6.45, 7) is 0. The first-order chi connectivity index (χ1) is 21.3. The molecular formula is C39H24N4. The normalized spacial score (nSPS) is 12.1. The number of aromatic nitrogens is 3. The molecule has 3 heterocycles. The molecule has 6 aromatic carbocycles. The fraction of sp³-hybridized carbons (Fsp3) is 0. The second-order valence-electron chi connectivity index (χ2n) is 10.9. The van der Waals surface area contributed by atoms with E-state index in [9.17, 15) is 0 Å². The van der Waals surface area contributed by atoms with Crippen LogP contribution in [0.25, 0.3) is 66.4 Å². The van der Waals surface area contributed by atoms with Crippen LogP contribution in [0.2, 0.25) is 0 Å². The van der Waals surface area contributed by atoms with Gasteiger partial charge in [-0.1, -0.05) is 109 Å². The van der Waals surface area contributed by atoms with Crippen molar-refractivity contribution >= 4 is 49.9 Å². The van der Waals surface area contributed by atoms with Crippen molar-refractivity contribution in [3.05, 3.63) is 146 Å². The Labute approximate surface area is 248 Å². The van der Waals surface area contributed by atoms with Crippen LogP contribution < -0.4 is 4.90 Å². The van der Waals surface area contributed by atoms with Crippen molar-refractivity contribution in [1.82, 2.24) is 15.0 Å². The Hall–Kier alpha value is -5.87. The van der Waals surface area contributed by atoms with Crippen LogP contribution >= 0.6 is 0 Å². The number of pyridine rings is 1. The van der Waals surface area contributed by atoms with Crippen LogP contribution in [-0.2, 0) is 0 Å². The lowest BCUT2D eigenvalue weighted by atomic mass is 9.91. The summed E-state index contributed by atoms with van der Waals surface area (Å²) in [4.78, 5) is 18.1. The molecule has 4 heteroatoms. The molecular weight excluding hydrogens is 524 g/mol. The molecule has 8 aromatic rings. The van der Waals surface area contributed by atoms with E-state index in [1.165, 1.54) is 10.9 Å². The third kappa shape index (κ3) is 3.67. The Morgan fingerprint density at radius 3 is 1.81 bits per heavy atom. The summed E-state index contributed by atoms with van der Waals surface area (Å²) in [7, 11) is 0. The number of fused-ring (bicyclic) bond motifs is 5. The first-order valence-electron chi connectivity index (χ1n) is 14.5. The number of benzene rings is 6. The fourth-order valence-electron chi connectivity index (χ4n) is 6.40. The van der Waals surface area contributed by atoms with Crippen molar-refractivity contribution in [2.75, 3.05) is 4.90 Å². The molecule has 0 unspecified atom stereocenters. The Balaban J connectivity index is 1.42. The van der Waals surface area contributed by atoms with Gasteiger partial charge < -0.3 is 0 Å². The number of nitrogens with zero attached hydrogens (tertiary/aromatic N) is 4. The summed E-state index contributed by atoms with van der Waals surface area (Å²) in [6, 6.07) is 50.6. The van der Waals surface area contributed by atoms with E-state index in [0.29, 0.717) is 0 Å². The lowest BCUT2D eigenvalue weighted by Gasteiger charge is -2.33. The van der Waals surface area contributed by atoms with E-state index in [4.69, 9.17) is 15.0 Å². The topological polar surface area (TPSA) is 41.9 Å². The molecule has 43 heavy (non-hydrogen) atoms.